The summed E-state index contributed by atoms with van der Waals surface area (Å²) in [6.07, 6.45) is 9.10. The number of para-hydroxylation sites is 1. The van der Waals surface area contributed by atoms with Crippen LogP contribution < -0.4 is 9.46 Å². The quantitative estimate of drug-likeness (QED) is 0.171. The largest absolute Gasteiger partial charge is 0.460 e. The second kappa shape index (κ2) is 16.7. The molecule has 2 aliphatic heterocycles. The van der Waals surface area contributed by atoms with Gasteiger partial charge >= 0.3 is 16.2 Å². The number of ether oxygens (including phenoxy) is 2. The minimum atomic E-state index is -4.13. The van der Waals surface area contributed by atoms with E-state index in [2.05, 4.69) is 10.1 Å². The Bertz CT molecular complexity index is 2240. The van der Waals surface area contributed by atoms with Gasteiger partial charge in [-0.05, 0) is 91.2 Å². The number of benzene rings is 1. The number of aromatic nitrogens is 3. The molecule has 4 aliphatic rings. The highest BCUT2D eigenvalue weighted by Crippen LogP contribution is 2.57. The minimum absolute atomic E-state index is 0.0476. The monoisotopic (exact) mass is 850 g/mol. The van der Waals surface area contributed by atoms with Crippen LogP contribution >= 0.6 is 11.3 Å². The second-order valence-corrected chi connectivity index (χ2v) is 21.0. The maximum absolute atomic E-state index is 14.8. The first-order chi connectivity index (χ1) is 27.9. The minimum Gasteiger partial charge on any atom is -0.460 e. The maximum Gasteiger partial charge on any atom is 0.307 e. The zero-order valence-corrected chi connectivity index (χ0v) is 36.9. The molecule has 320 valence electrons. The van der Waals surface area contributed by atoms with Gasteiger partial charge in [-0.15, -0.1) is 11.3 Å². The van der Waals surface area contributed by atoms with Crippen LogP contribution in [0.25, 0.3) is 21.6 Å². The van der Waals surface area contributed by atoms with E-state index in [-0.39, 0.29) is 49.5 Å². The van der Waals surface area contributed by atoms with Crippen LogP contribution in [0.4, 0.5) is 0 Å². The standard InChI is InChI=1S/C43H58N6O8S2/c1-26(2)49-33-17-13-16-31(38-44-32(25-58-38)27-18-19-27)37(33)45-41(49)56-30-21-34-35(50)23-43(40(53)46-59(54,55)47(6)7)22-29(43)15-12-10-8-9-11-14-28(39(52)48(34)24-30)20-36(51)57-42(3,4)5/h12-13,15-17,25-30,34H,8-11,14,18-24H2,1-7H3,(H,46,53)/b15-12-/t28-,29-,30-,34+,43-/m1/s1. The van der Waals surface area contributed by atoms with Crippen molar-refractivity contribution in [3.8, 4) is 16.6 Å². The van der Waals surface area contributed by atoms with Crippen LogP contribution in [0.15, 0.2) is 35.7 Å². The smallest absolute Gasteiger partial charge is 0.307 e. The SMILES string of the molecule is CC(C)n1c(O[C@@H]2C[C@H]3C(=O)C[C@]4(C(=O)NS(=O)(=O)N(C)C)C[C@H]4/C=C\CCCCC[C@H](CC(=O)OC(C)(C)C)C(=O)N3C2)nc2c(-c3nc(C4CC4)cs3)cccc21. The van der Waals surface area contributed by atoms with Crippen molar-refractivity contribution in [2.45, 2.75) is 135 Å². The van der Waals surface area contributed by atoms with Crippen molar-refractivity contribution in [2.24, 2.45) is 17.3 Å². The van der Waals surface area contributed by atoms with Gasteiger partial charge in [0.2, 0.25) is 11.8 Å². The van der Waals surface area contributed by atoms with Crippen LogP contribution in [0.2, 0.25) is 0 Å². The number of nitrogens with one attached hydrogen (secondary N) is 1. The van der Waals surface area contributed by atoms with Gasteiger partial charge in [0.25, 0.3) is 6.01 Å². The van der Waals surface area contributed by atoms with E-state index in [0.717, 1.165) is 63.7 Å². The van der Waals surface area contributed by atoms with Crippen molar-refractivity contribution in [2.75, 3.05) is 20.6 Å². The van der Waals surface area contributed by atoms with Crippen molar-refractivity contribution < 1.29 is 37.1 Å². The summed E-state index contributed by atoms with van der Waals surface area (Å²) in [6, 6.07) is 5.34. The molecule has 0 spiro atoms. The van der Waals surface area contributed by atoms with E-state index in [1.807, 2.05) is 48.8 Å². The summed E-state index contributed by atoms with van der Waals surface area (Å²) < 4.78 is 43.2. The van der Waals surface area contributed by atoms with Gasteiger partial charge in [0.05, 0.1) is 35.6 Å². The molecule has 2 amide bonds. The second-order valence-electron chi connectivity index (χ2n) is 18.2. The number of amides is 2. The summed E-state index contributed by atoms with van der Waals surface area (Å²) >= 11 is 1.60. The van der Waals surface area contributed by atoms with Gasteiger partial charge in [-0.2, -0.15) is 17.7 Å². The Labute approximate surface area is 351 Å². The molecule has 16 heteroatoms. The Kier molecular flexibility index (Phi) is 12.2. The van der Waals surface area contributed by atoms with Crippen LogP contribution in [-0.2, 0) is 34.1 Å². The molecule has 7 rings (SSSR count). The van der Waals surface area contributed by atoms with E-state index < -0.39 is 51.2 Å². The number of hydrogen-bond donors (Lipinski definition) is 1. The van der Waals surface area contributed by atoms with Gasteiger partial charge in [-0.3, -0.25) is 23.7 Å². The molecule has 5 atom stereocenters. The lowest BCUT2D eigenvalue weighted by atomic mass is 9.90. The Balaban J connectivity index is 1.22. The average Bonchev–Trinajstić information content (AvgIpc) is 3.94. The summed E-state index contributed by atoms with van der Waals surface area (Å²) in [5.41, 5.74) is 1.61. The number of imidazole rings is 1. The molecule has 0 radical (unpaired) electrons. The van der Waals surface area contributed by atoms with Gasteiger partial charge in [-0.1, -0.05) is 31.1 Å². The summed E-state index contributed by atoms with van der Waals surface area (Å²) in [5.74, 6) is -2.50. The molecular formula is C43H58N6O8S2. The fourth-order valence-corrected chi connectivity index (χ4v) is 10.0. The Morgan fingerprint density at radius 3 is 2.54 bits per heavy atom. The molecule has 1 aromatic carbocycles. The zero-order valence-electron chi connectivity index (χ0n) is 35.2. The van der Waals surface area contributed by atoms with Crippen molar-refractivity contribution in [1.29, 1.82) is 0 Å². The number of esters is 1. The van der Waals surface area contributed by atoms with Gasteiger partial charge in [0, 0.05) is 55.8 Å². The van der Waals surface area contributed by atoms with Crippen LogP contribution in [-0.4, -0.2) is 94.1 Å². The number of rotatable bonds is 10. The van der Waals surface area contributed by atoms with E-state index >= 15 is 0 Å². The number of thiazole rings is 1. The molecule has 59 heavy (non-hydrogen) atoms. The predicted molar refractivity (Wildman–Crippen MR) is 225 cm³/mol. The van der Waals surface area contributed by atoms with E-state index in [1.54, 1.807) is 32.1 Å². The summed E-state index contributed by atoms with van der Waals surface area (Å²) in [6.45, 7) is 9.50. The highest BCUT2D eigenvalue weighted by molar-refractivity contribution is 7.87. The van der Waals surface area contributed by atoms with E-state index in [9.17, 15) is 27.6 Å². The van der Waals surface area contributed by atoms with Crippen molar-refractivity contribution in [1.82, 2.24) is 28.5 Å². The topological polar surface area (TPSA) is 170 Å². The third kappa shape index (κ3) is 9.44. The Hall–Kier alpha value is -4.15. The summed E-state index contributed by atoms with van der Waals surface area (Å²) in [7, 11) is -1.48. The molecule has 3 fully saturated rings. The molecule has 1 N–H and O–H groups in total. The van der Waals surface area contributed by atoms with Crippen molar-refractivity contribution in [3.63, 3.8) is 0 Å². The number of nitrogens with zero attached hydrogens (tertiary/aromatic N) is 5. The molecule has 2 aromatic heterocycles. The number of fused-ring (bicyclic) bond motifs is 3. The lowest BCUT2D eigenvalue weighted by Crippen LogP contribution is -2.47. The van der Waals surface area contributed by atoms with Crippen LogP contribution in [0.3, 0.4) is 0 Å². The Morgan fingerprint density at radius 1 is 1.08 bits per heavy atom. The molecule has 4 heterocycles. The third-order valence-electron chi connectivity index (χ3n) is 11.9. The maximum atomic E-state index is 14.8. The number of hydrogen-bond acceptors (Lipinski definition) is 11. The predicted octanol–water partition coefficient (Wildman–Crippen LogP) is 6.72. The first-order valence-electron chi connectivity index (χ1n) is 21.0. The molecule has 0 unspecified atom stereocenters. The van der Waals surface area contributed by atoms with E-state index in [4.69, 9.17) is 19.4 Å². The number of ketones is 1. The molecule has 2 aliphatic carbocycles. The highest BCUT2D eigenvalue weighted by atomic mass is 32.2. The van der Waals surface area contributed by atoms with Gasteiger partial charge in [0.1, 0.15) is 22.2 Å². The highest BCUT2D eigenvalue weighted by Gasteiger charge is 2.61. The van der Waals surface area contributed by atoms with Crippen molar-refractivity contribution in [3.05, 3.63) is 41.4 Å². The fraction of sp³-hybridized carbons (Fsp3) is 0.628. The van der Waals surface area contributed by atoms with Crippen LogP contribution in [0.5, 0.6) is 6.01 Å². The Morgan fingerprint density at radius 2 is 1.85 bits per heavy atom. The first-order valence-corrected chi connectivity index (χ1v) is 23.3. The number of Topliss-reactive ketones (excluding diaryl/α,β-unsaturated/α-hetero) is 1. The lowest BCUT2D eigenvalue weighted by molar-refractivity contribution is -0.159. The summed E-state index contributed by atoms with van der Waals surface area (Å²) in [5, 5.41) is 3.02. The van der Waals surface area contributed by atoms with Crippen LogP contribution in [0, 0.1) is 17.3 Å². The van der Waals surface area contributed by atoms with Gasteiger partial charge in [0.15, 0.2) is 5.78 Å². The van der Waals surface area contributed by atoms with Gasteiger partial charge in [-0.25, -0.2) is 9.71 Å². The molecular weight excluding hydrogens is 793 g/mol. The number of carbonyl (C=O) groups is 4. The first kappa shape index (κ1) is 43.0. The average molecular weight is 851 g/mol. The normalized spacial score (nSPS) is 26.3. The third-order valence-corrected chi connectivity index (χ3v) is 14.2. The summed E-state index contributed by atoms with van der Waals surface area (Å²) in [4.78, 5) is 68.0. The lowest BCUT2D eigenvalue weighted by Gasteiger charge is -2.29. The molecule has 2 saturated carbocycles. The fourth-order valence-electron chi connectivity index (χ4n) is 8.50. The molecule has 3 aromatic rings. The van der Waals surface area contributed by atoms with Crippen molar-refractivity contribution >= 4 is 56.1 Å². The van der Waals surface area contributed by atoms with E-state index in [1.165, 1.54) is 19.0 Å². The zero-order chi connectivity index (χ0) is 42.4. The van der Waals surface area contributed by atoms with E-state index in [0.29, 0.717) is 31.2 Å². The number of carbonyl (C=O) groups excluding carboxylic acids is 4. The molecule has 1 saturated heterocycles. The molecule has 0 bridgehead atoms. The van der Waals surface area contributed by atoms with Crippen LogP contribution in [0.1, 0.15) is 123 Å². The number of allylic oxidation sites excluding steroid dienone is 2. The molecule has 14 nitrogen and oxygen atoms in total. The van der Waals surface area contributed by atoms with Gasteiger partial charge < -0.3 is 14.4 Å².